The van der Waals surface area contributed by atoms with Crippen LogP contribution in [0.1, 0.15) is 64.3 Å². The number of hydrogen-bond donors (Lipinski definition) is 4. The maximum absolute atomic E-state index is 14.3. The SMILES string of the molecule is COc1ccc(-c2ccc(C[C@H](CC(=O)C3CCC(CNC(=O)OC(C)(C)C)CC3)C(=O)Nc3ccc(-c4n[nH]c(C(F)(F)C(F)(F)C(=O)O)n4)cc3)cc2)cc1S(=O)(=O)N1CCOCC1. The van der Waals surface area contributed by atoms with Gasteiger partial charge in [-0.2, -0.15) is 27.0 Å². The molecule has 0 unspecified atom stereocenters. The molecule has 21 heteroatoms. The number of carbonyl (C=O) groups is 4. The molecule has 2 heterocycles. The lowest BCUT2D eigenvalue weighted by atomic mass is 9.77. The highest BCUT2D eigenvalue weighted by Crippen LogP contribution is 2.42. The van der Waals surface area contributed by atoms with Gasteiger partial charge >= 0.3 is 23.9 Å². The van der Waals surface area contributed by atoms with Gasteiger partial charge in [-0.05, 0) is 112 Å². The molecule has 3 aromatic carbocycles. The van der Waals surface area contributed by atoms with Gasteiger partial charge in [0.25, 0.3) is 0 Å². The zero-order chi connectivity index (χ0) is 48.0. The number of aromatic amines is 1. The van der Waals surface area contributed by atoms with Crippen LogP contribution in [0.25, 0.3) is 22.5 Å². The lowest BCUT2D eigenvalue weighted by Gasteiger charge is -2.29. The number of carboxylic acids is 1. The largest absolute Gasteiger partial charge is 0.495 e. The summed E-state index contributed by atoms with van der Waals surface area (Å²) < 4.78 is 101. The molecule has 1 aliphatic heterocycles. The third-order valence-electron chi connectivity index (χ3n) is 11.4. The number of alkyl carbamates (subject to hydrolysis) is 1. The van der Waals surface area contributed by atoms with Crippen molar-refractivity contribution in [2.24, 2.45) is 17.8 Å². The van der Waals surface area contributed by atoms with Gasteiger partial charge in [-0.15, -0.1) is 0 Å². The van der Waals surface area contributed by atoms with Crippen LogP contribution >= 0.6 is 0 Å². The number of nitrogens with zero attached hydrogens (tertiary/aromatic N) is 3. The Morgan fingerprint density at radius 1 is 0.909 bits per heavy atom. The molecule has 6 rings (SSSR count). The van der Waals surface area contributed by atoms with Crippen molar-refractivity contribution in [1.29, 1.82) is 0 Å². The molecule has 0 radical (unpaired) electrons. The Bertz CT molecular complexity index is 2480. The number of ketones is 1. The van der Waals surface area contributed by atoms with Gasteiger partial charge < -0.3 is 30.0 Å². The van der Waals surface area contributed by atoms with Crippen molar-refractivity contribution in [3.05, 3.63) is 78.1 Å². The molecule has 1 saturated carbocycles. The van der Waals surface area contributed by atoms with E-state index in [1.807, 2.05) is 0 Å². The van der Waals surface area contributed by atoms with Crippen LogP contribution in [-0.4, -0.2) is 108 Å². The number of aliphatic carboxylic acids is 1. The van der Waals surface area contributed by atoms with E-state index in [9.17, 15) is 45.2 Å². The van der Waals surface area contributed by atoms with Gasteiger partial charge in [-0.3, -0.25) is 14.7 Å². The molecule has 1 aliphatic carbocycles. The van der Waals surface area contributed by atoms with Crippen LogP contribution in [0.15, 0.2) is 71.6 Å². The molecule has 66 heavy (non-hydrogen) atoms. The van der Waals surface area contributed by atoms with Gasteiger partial charge in [0.1, 0.15) is 22.0 Å². The fourth-order valence-corrected chi connectivity index (χ4v) is 9.35. The molecule has 356 valence electrons. The molecular weight excluding hydrogens is 893 g/mol. The van der Waals surface area contributed by atoms with E-state index in [2.05, 4.69) is 20.7 Å². The topological polar surface area (TPSA) is 219 Å². The summed E-state index contributed by atoms with van der Waals surface area (Å²) in [5, 5.41) is 19.4. The van der Waals surface area contributed by atoms with E-state index in [4.69, 9.17) is 19.3 Å². The molecule has 2 amide bonds. The number of rotatable bonds is 17. The lowest BCUT2D eigenvalue weighted by molar-refractivity contribution is -0.231. The quantitative estimate of drug-likeness (QED) is 0.0782. The van der Waals surface area contributed by atoms with Crippen LogP contribution in [0.2, 0.25) is 0 Å². The third-order valence-corrected chi connectivity index (χ3v) is 13.4. The number of ether oxygens (including phenoxy) is 3. The zero-order valence-corrected chi connectivity index (χ0v) is 37.6. The first-order valence-electron chi connectivity index (χ1n) is 21.3. The number of Topliss-reactive ketones (excluding diaryl/α,β-unsaturated/α-hetero) is 1. The Morgan fingerprint density at radius 2 is 1.53 bits per heavy atom. The summed E-state index contributed by atoms with van der Waals surface area (Å²) in [6.45, 7) is 6.69. The third kappa shape index (κ3) is 11.7. The van der Waals surface area contributed by atoms with Crippen molar-refractivity contribution in [3.8, 4) is 28.3 Å². The van der Waals surface area contributed by atoms with Crippen LogP contribution in [0.5, 0.6) is 5.75 Å². The fraction of sp³-hybridized carbons (Fsp3) is 0.467. The Labute approximate surface area is 378 Å². The average molecular weight is 945 g/mol. The highest BCUT2D eigenvalue weighted by molar-refractivity contribution is 7.89. The Morgan fingerprint density at radius 3 is 2.14 bits per heavy atom. The van der Waals surface area contributed by atoms with Gasteiger partial charge in [0.05, 0.1) is 20.3 Å². The van der Waals surface area contributed by atoms with Crippen LogP contribution in [-0.2, 0) is 46.2 Å². The zero-order valence-electron chi connectivity index (χ0n) is 36.7. The van der Waals surface area contributed by atoms with E-state index in [1.54, 1.807) is 68.3 Å². The van der Waals surface area contributed by atoms with E-state index < -0.39 is 63.0 Å². The number of carbonyl (C=O) groups excluding carboxylic acids is 3. The molecule has 1 atom stereocenters. The second-order valence-corrected chi connectivity index (χ2v) is 19.2. The number of alkyl halides is 4. The van der Waals surface area contributed by atoms with Gasteiger partial charge in [-0.25, -0.2) is 23.0 Å². The van der Waals surface area contributed by atoms with Gasteiger partial charge in [0.15, 0.2) is 5.82 Å². The minimum absolute atomic E-state index is 0.0115. The number of H-pyrrole nitrogens is 1. The number of anilines is 1. The molecule has 16 nitrogen and oxygen atoms in total. The average Bonchev–Trinajstić information content (AvgIpc) is 3.80. The maximum atomic E-state index is 14.3. The smallest absolute Gasteiger partial charge is 0.411 e. The molecule has 1 aromatic heterocycles. The summed E-state index contributed by atoms with van der Waals surface area (Å²) >= 11 is 0. The summed E-state index contributed by atoms with van der Waals surface area (Å²) in [5.41, 5.74) is 1.69. The summed E-state index contributed by atoms with van der Waals surface area (Å²) in [4.78, 5) is 54.3. The van der Waals surface area contributed by atoms with Crippen LogP contribution < -0.4 is 15.4 Å². The molecule has 1 saturated heterocycles. The molecule has 4 N–H and O–H groups in total. The number of morpholine rings is 1. The van der Waals surface area contributed by atoms with E-state index in [0.717, 1.165) is 0 Å². The summed E-state index contributed by atoms with van der Waals surface area (Å²) in [5.74, 6) is -17.2. The number of halogens is 4. The Hall–Kier alpha value is -5.93. The van der Waals surface area contributed by atoms with Gasteiger partial charge in [0, 0.05) is 49.1 Å². The van der Waals surface area contributed by atoms with Crippen molar-refractivity contribution < 1.29 is 64.5 Å². The number of aromatic nitrogens is 3. The summed E-state index contributed by atoms with van der Waals surface area (Å²) in [7, 11) is -2.51. The van der Waals surface area contributed by atoms with E-state index in [-0.39, 0.29) is 78.7 Å². The lowest BCUT2D eigenvalue weighted by Crippen LogP contribution is -2.45. The standard InChI is InChI=1S/C45H52F4N6O10S/c1-43(2,3)65-42(60)50-26-28-7-11-30(12-8-28)35(56)24-33(39(57)51-34-16-13-31(14-17-34)38-52-40(54-53-38)44(46,47)45(48,49)41(58)59)23-27-5-9-29(10-6-27)32-15-18-36(63-4)37(25-32)66(61,62)55-19-21-64-22-20-55/h5-6,9-10,13-18,25,28,30,33H,7-8,11-12,19-24,26H2,1-4H3,(H,50,60)(H,51,57)(H,58,59)(H,52,53,54)/t28?,30?,33-/m1/s1. The number of hydrogen-bond acceptors (Lipinski definition) is 11. The second-order valence-electron chi connectivity index (χ2n) is 17.3. The first kappa shape index (κ1) is 49.5. The number of carboxylic acid groups (broad SMARTS) is 1. The van der Waals surface area contributed by atoms with Crippen molar-refractivity contribution >= 4 is 39.5 Å². The number of methoxy groups -OCH3 is 1. The second kappa shape index (κ2) is 20.3. The first-order valence-corrected chi connectivity index (χ1v) is 22.7. The predicted molar refractivity (Wildman–Crippen MR) is 231 cm³/mol. The van der Waals surface area contributed by atoms with E-state index in [1.165, 1.54) is 35.7 Å². The highest BCUT2D eigenvalue weighted by Gasteiger charge is 2.65. The van der Waals surface area contributed by atoms with Crippen LogP contribution in [0.3, 0.4) is 0 Å². The number of benzene rings is 3. The molecule has 2 fully saturated rings. The molecule has 0 spiro atoms. The normalized spacial score (nSPS) is 17.9. The summed E-state index contributed by atoms with van der Waals surface area (Å²) in [6, 6.07) is 17.5. The van der Waals surface area contributed by atoms with Crippen LogP contribution in [0.4, 0.5) is 28.0 Å². The van der Waals surface area contributed by atoms with Crippen molar-refractivity contribution in [3.63, 3.8) is 0 Å². The molecule has 2 aliphatic rings. The van der Waals surface area contributed by atoms with Crippen LogP contribution in [0, 0.1) is 17.8 Å². The minimum atomic E-state index is -5.47. The van der Waals surface area contributed by atoms with E-state index >= 15 is 0 Å². The minimum Gasteiger partial charge on any atom is -0.495 e. The van der Waals surface area contributed by atoms with Crippen molar-refractivity contribution in [1.82, 2.24) is 24.8 Å². The molecule has 0 bridgehead atoms. The van der Waals surface area contributed by atoms with Crippen molar-refractivity contribution in [2.45, 2.75) is 81.6 Å². The summed E-state index contributed by atoms with van der Waals surface area (Å²) in [6.07, 6.45) is 2.02. The maximum Gasteiger partial charge on any atom is 0.411 e. The van der Waals surface area contributed by atoms with E-state index in [0.29, 0.717) is 48.9 Å². The number of nitrogens with one attached hydrogen (secondary N) is 3. The van der Waals surface area contributed by atoms with Gasteiger partial charge in [0.2, 0.25) is 21.8 Å². The molecular formula is C45H52F4N6O10S. The first-order chi connectivity index (χ1) is 31.1. The highest BCUT2D eigenvalue weighted by atomic mass is 32.2. The number of sulfonamides is 1. The molecule has 4 aromatic rings. The monoisotopic (exact) mass is 944 g/mol. The number of amides is 2. The van der Waals surface area contributed by atoms with Gasteiger partial charge in [-0.1, -0.05) is 30.3 Å². The Kier molecular flexibility index (Phi) is 15.2. The Balaban J connectivity index is 1.17. The van der Waals surface area contributed by atoms with Crippen molar-refractivity contribution in [2.75, 3.05) is 45.3 Å². The predicted octanol–water partition coefficient (Wildman–Crippen LogP) is 7.07. The fourth-order valence-electron chi connectivity index (χ4n) is 7.76.